The summed E-state index contributed by atoms with van der Waals surface area (Å²) in [6, 6.07) is 3.69. The fourth-order valence-electron chi connectivity index (χ4n) is 4.80. The molecule has 1 aromatic carbocycles. The number of sulfonamides is 1. The van der Waals surface area contributed by atoms with Crippen LogP contribution in [0.25, 0.3) is 0 Å². The molecule has 2 saturated heterocycles. The minimum atomic E-state index is -3.79. The number of nitrogens with one attached hydrogen (secondary N) is 2. The number of carbonyl (C=O) groups is 3. The van der Waals surface area contributed by atoms with E-state index in [4.69, 9.17) is 0 Å². The van der Waals surface area contributed by atoms with Crippen LogP contribution < -0.4 is 10.0 Å². The Morgan fingerprint density at radius 1 is 1.12 bits per heavy atom. The van der Waals surface area contributed by atoms with Crippen molar-refractivity contribution in [2.24, 2.45) is 5.92 Å². The molecule has 2 N–H and O–H groups in total. The lowest BCUT2D eigenvalue weighted by Gasteiger charge is -2.34. The van der Waals surface area contributed by atoms with Crippen molar-refractivity contribution in [3.05, 3.63) is 30.1 Å². The number of amides is 4. The molecule has 33 heavy (non-hydrogen) atoms. The van der Waals surface area contributed by atoms with E-state index in [1.165, 1.54) is 12.1 Å². The van der Waals surface area contributed by atoms with Crippen LogP contribution in [0.15, 0.2) is 29.2 Å². The van der Waals surface area contributed by atoms with Crippen LogP contribution in [-0.2, 0) is 19.6 Å². The van der Waals surface area contributed by atoms with Gasteiger partial charge in [-0.15, -0.1) is 0 Å². The van der Waals surface area contributed by atoms with E-state index in [9.17, 15) is 27.2 Å². The van der Waals surface area contributed by atoms with Crippen LogP contribution in [-0.4, -0.2) is 67.3 Å². The van der Waals surface area contributed by atoms with Gasteiger partial charge >= 0.3 is 6.03 Å². The van der Waals surface area contributed by atoms with Crippen LogP contribution in [0.2, 0.25) is 0 Å². The Bertz CT molecular complexity index is 1030. The van der Waals surface area contributed by atoms with E-state index in [2.05, 4.69) is 17.0 Å². The number of likely N-dealkylation sites (tertiary alicyclic amines) is 1. The lowest BCUT2D eigenvalue weighted by molar-refractivity contribution is -0.140. The molecule has 1 spiro atoms. The quantitative estimate of drug-likeness (QED) is 0.621. The van der Waals surface area contributed by atoms with Gasteiger partial charge in [0.05, 0.1) is 4.90 Å². The summed E-state index contributed by atoms with van der Waals surface area (Å²) >= 11 is 0. The molecule has 9 nitrogen and oxygen atoms in total. The number of hydrogen-bond donors (Lipinski definition) is 2. The average Bonchev–Trinajstić information content (AvgIpc) is 3.00. The molecule has 1 saturated carbocycles. The van der Waals surface area contributed by atoms with Crippen molar-refractivity contribution in [2.45, 2.75) is 61.9 Å². The van der Waals surface area contributed by atoms with E-state index < -0.39 is 27.4 Å². The largest absolute Gasteiger partial charge is 0.341 e. The molecule has 1 aliphatic carbocycles. The Labute approximate surface area is 192 Å². The first-order valence-corrected chi connectivity index (χ1v) is 12.8. The summed E-state index contributed by atoms with van der Waals surface area (Å²) in [5.74, 6) is -0.665. The molecule has 0 unspecified atom stereocenters. The minimum Gasteiger partial charge on any atom is -0.341 e. The van der Waals surface area contributed by atoms with Crippen LogP contribution in [0.4, 0.5) is 9.18 Å². The van der Waals surface area contributed by atoms with Gasteiger partial charge in [0.25, 0.3) is 5.91 Å². The second kappa shape index (κ2) is 9.02. The topological polar surface area (TPSA) is 116 Å². The van der Waals surface area contributed by atoms with E-state index in [1.807, 2.05) is 0 Å². The Morgan fingerprint density at radius 3 is 2.33 bits per heavy atom. The SMILES string of the molecule is CC1CCC2(CC1)NC(=O)N(CC(=O)N1CCC(NS(=O)(=O)c3ccc(F)cc3)CC1)C2=O. The van der Waals surface area contributed by atoms with Gasteiger partial charge < -0.3 is 10.2 Å². The number of imide groups is 1. The van der Waals surface area contributed by atoms with Crippen LogP contribution >= 0.6 is 0 Å². The number of piperidine rings is 1. The van der Waals surface area contributed by atoms with Gasteiger partial charge in [-0.25, -0.2) is 22.3 Å². The van der Waals surface area contributed by atoms with E-state index in [0.717, 1.165) is 29.9 Å². The highest BCUT2D eigenvalue weighted by atomic mass is 32.2. The third-order valence-corrected chi connectivity index (χ3v) is 8.50. The van der Waals surface area contributed by atoms with Crippen LogP contribution in [0.1, 0.15) is 45.4 Å². The third-order valence-electron chi connectivity index (χ3n) is 6.96. The molecule has 1 aromatic rings. The molecule has 2 heterocycles. The number of rotatable bonds is 5. The molecule has 4 amide bonds. The molecule has 2 aliphatic heterocycles. The number of carbonyl (C=O) groups excluding carboxylic acids is 3. The molecule has 0 bridgehead atoms. The highest BCUT2D eigenvalue weighted by molar-refractivity contribution is 7.89. The molecular formula is C22H29FN4O5S. The minimum absolute atomic E-state index is 0.0213. The summed E-state index contributed by atoms with van der Waals surface area (Å²) in [5, 5.41) is 2.82. The summed E-state index contributed by atoms with van der Waals surface area (Å²) in [7, 11) is -3.79. The van der Waals surface area contributed by atoms with Gasteiger partial charge in [-0.2, -0.15) is 0 Å². The van der Waals surface area contributed by atoms with Gasteiger partial charge in [0.2, 0.25) is 15.9 Å². The Kier molecular flexibility index (Phi) is 6.45. The van der Waals surface area contributed by atoms with Crippen molar-refractivity contribution in [3.63, 3.8) is 0 Å². The first-order valence-electron chi connectivity index (χ1n) is 11.3. The number of nitrogens with zero attached hydrogens (tertiary/aromatic N) is 2. The van der Waals surface area contributed by atoms with Crippen molar-refractivity contribution in [1.82, 2.24) is 19.8 Å². The zero-order valence-electron chi connectivity index (χ0n) is 18.5. The number of hydrogen-bond acceptors (Lipinski definition) is 5. The molecule has 11 heteroatoms. The predicted octanol–water partition coefficient (Wildman–Crippen LogP) is 1.60. The van der Waals surface area contributed by atoms with Gasteiger partial charge in [0, 0.05) is 19.1 Å². The Hall–Kier alpha value is -2.53. The fourth-order valence-corrected chi connectivity index (χ4v) is 6.10. The third kappa shape index (κ3) is 4.89. The zero-order valence-corrected chi connectivity index (χ0v) is 19.4. The van der Waals surface area contributed by atoms with E-state index in [0.29, 0.717) is 44.7 Å². The molecule has 0 atom stereocenters. The maximum absolute atomic E-state index is 13.1. The van der Waals surface area contributed by atoms with Crippen molar-refractivity contribution in [1.29, 1.82) is 0 Å². The van der Waals surface area contributed by atoms with Gasteiger partial charge in [0.1, 0.15) is 17.9 Å². The number of urea groups is 1. The molecule has 180 valence electrons. The maximum atomic E-state index is 13.1. The zero-order chi connectivity index (χ0) is 23.8. The summed E-state index contributed by atoms with van der Waals surface area (Å²) < 4.78 is 40.7. The molecular weight excluding hydrogens is 451 g/mol. The fraction of sp³-hybridized carbons (Fsp3) is 0.591. The summed E-state index contributed by atoms with van der Waals surface area (Å²) in [5.41, 5.74) is -0.879. The van der Waals surface area contributed by atoms with Gasteiger partial charge in [0.15, 0.2) is 0 Å². The average molecular weight is 481 g/mol. The van der Waals surface area contributed by atoms with Crippen molar-refractivity contribution >= 4 is 27.9 Å². The van der Waals surface area contributed by atoms with Crippen LogP contribution in [0.3, 0.4) is 0 Å². The highest BCUT2D eigenvalue weighted by Gasteiger charge is 2.52. The van der Waals surface area contributed by atoms with Crippen LogP contribution in [0, 0.1) is 11.7 Å². The van der Waals surface area contributed by atoms with Gasteiger partial charge in [-0.05, 0) is 68.7 Å². The molecule has 3 fully saturated rings. The van der Waals surface area contributed by atoms with E-state index in [-0.39, 0.29) is 29.3 Å². The molecule has 4 rings (SSSR count). The first-order chi connectivity index (χ1) is 15.6. The smallest absolute Gasteiger partial charge is 0.325 e. The monoisotopic (exact) mass is 480 g/mol. The van der Waals surface area contributed by atoms with E-state index in [1.54, 1.807) is 4.90 Å². The van der Waals surface area contributed by atoms with Crippen LogP contribution in [0.5, 0.6) is 0 Å². The standard InChI is InChI=1S/C22H29FN4O5S/c1-15-6-10-22(11-7-15)20(29)27(21(30)24-22)14-19(28)26-12-8-17(9-13-26)25-33(31,32)18-4-2-16(23)3-5-18/h2-5,15,17,25H,6-14H2,1H3,(H,24,30). The molecule has 0 aromatic heterocycles. The van der Waals surface area contributed by atoms with Gasteiger partial charge in [-0.1, -0.05) is 6.92 Å². The second-order valence-electron chi connectivity index (χ2n) is 9.32. The summed E-state index contributed by atoms with van der Waals surface area (Å²) in [6.07, 6.45) is 3.68. The number of halogens is 1. The normalized spacial score (nSPS) is 26.7. The Morgan fingerprint density at radius 2 is 1.73 bits per heavy atom. The highest BCUT2D eigenvalue weighted by Crippen LogP contribution is 2.36. The summed E-state index contributed by atoms with van der Waals surface area (Å²) in [4.78, 5) is 40.7. The number of benzene rings is 1. The Balaban J connectivity index is 1.30. The summed E-state index contributed by atoms with van der Waals surface area (Å²) in [6.45, 7) is 2.43. The maximum Gasteiger partial charge on any atom is 0.325 e. The molecule has 3 aliphatic rings. The van der Waals surface area contributed by atoms with Crippen molar-refractivity contribution < 1.29 is 27.2 Å². The molecule has 0 radical (unpaired) electrons. The second-order valence-corrected chi connectivity index (χ2v) is 11.0. The lowest BCUT2D eigenvalue weighted by Crippen LogP contribution is -2.51. The van der Waals surface area contributed by atoms with Crippen molar-refractivity contribution in [3.8, 4) is 0 Å². The lowest BCUT2D eigenvalue weighted by atomic mass is 9.77. The van der Waals surface area contributed by atoms with Gasteiger partial charge in [-0.3, -0.25) is 14.5 Å². The first kappa shape index (κ1) is 23.6. The predicted molar refractivity (Wildman–Crippen MR) is 117 cm³/mol. The van der Waals surface area contributed by atoms with E-state index >= 15 is 0 Å². The van der Waals surface area contributed by atoms with Crippen molar-refractivity contribution in [2.75, 3.05) is 19.6 Å².